The van der Waals surface area contributed by atoms with Gasteiger partial charge in [-0.15, -0.1) is 11.8 Å². The second-order valence-corrected chi connectivity index (χ2v) is 9.19. The summed E-state index contributed by atoms with van der Waals surface area (Å²) in [7, 11) is 0. The van der Waals surface area contributed by atoms with E-state index in [0.717, 1.165) is 27.1 Å². The van der Waals surface area contributed by atoms with Gasteiger partial charge < -0.3 is 15.1 Å². The van der Waals surface area contributed by atoms with Gasteiger partial charge in [-0.2, -0.15) is 0 Å². The molecule has 0 aliphatic heterocycles. The van der Waals surface area contributed by atoms with Gasteiger partial charge in [-0.05, 0) is 60.2 Å². The highest BCUT2D eigenvalue weighted by Crippen LogP contribution is 2.26. The van der Waals surface area contributed by atoms with E-state index >= 15 is 0 Å². The van der Waals surface area contributed by atoms with Crippen molar-refractivity contribution in [2.75, 3.05) is 16.4 Å². The summed E-state index contributed by atoms with van der Waals surface area (Å²) in [5, 5.41) is 5.83. The molecule has 36 heavy (non-hydrogen) atoms. The first kappa shape index (κ1) is 23.4. The Morgan fingerprint density at radius 3 is 2.31 bits per heavy atom. The predicted molar refractivity (Wildman–Crippen MR) is 144 cm³/mol. The number of anilines is 2. The summed E-state index contributed by atoms with van der Waals surface area (Å²) < 4.78 is 5.80. The van der Waals surface area contributed by atoms with Crippen LogP contribution in [-0.2, 0) is 16.0 Å². The van der Waals surface area contributed by atoms with Crippen molar-refractivity contribution in [3.05, 3.63) is 109 Å². The largest absolute Gasteiger partial charge is 0.436 e. The number of thioether (sulfide) groups is 1. The standard InChI is InChI=1S/C29H23N3O3S/c33-27(17-20-7-2-1-3-8-20)31-23-9-6-10-24(18-23)36-19-28(34)30-22-15-13-21(14-16-22)29-32-25-11-4-5-12-26(25)35-29/h1-16,18H,17,19H2,(H,30,34)(H,31,33). The van der Waals surface area contributed by atoms with Gasteiger partial charge in [0.05, 0.1) is 12.2 Å². The molecule has 2 amide bonds. The van der Waals surface area contributed by atoms with Gasteiger partial charge in [0.15, 0.2) is 5.58 Å². The number of amides is 2. The number of nitrogens with zero attached hydrogens (tertiary/aromatic N) is 1. The Morgan fingerprint density at radius 2 is 1.50 bits per heavy atom. The Bertz CT molecular complexity index is 1460. The lowest BCUT2D eigenvalue weighted by Gasteiger charge is -2.08. The molecular weight excluding hydrogens is 470 g/mol. The zero-order chi connectivity index (χ0) is 24.7. The van der Waals surface area contributed by atoms with Crippen molar-refractivity contribution in [1.82, 2.24) is 4.98 Å². The number of benzene rings is 4. The summed E-state index contributed by atoms with van der Waals surface area (Å²) in [4.78, 5) is 30.2. The lowest BCUT2D eigenvalue weighted by Crippen LogP contribution is -2.15. The van der Waals surface area contributed by atoms with E-state index in [1.54, 1.807) is 0 Å². The second kappa shape index (κ2) is 10.9. The summed E-state index contributed by atoms with van der Waals surface area (Å²) >= 11 is 1.41. The van der Waals surface area contributed by atoms with Crippen molar-refractivity contribution in [2.24, 2.45) is 0 Å². The highest BCUT2D eigenvalue weighted by atomic mass is 32.2. The highest BCUT2D eigenvalue weighted by Gasteiger charge is 2.10. The number of para-hydroxylation sites is 2. The zero-order valence-corrected chi connectivity index (χ0v) is 20.1. The molecule has 0 atom stereocenters. The van der Waals surface area contributed by atoms with Gasteiger partial charge in [0, 0.05) is 21.8 Å². The maximum Gasteiger partial charge on any atom is 0.234 e. The number of oxazole rings is 1. The zero-order valence-electron chi connectivity index (χ0n) is 19.3. The molecule has 0 aliphatic rings. The molecule has 2 N–H and O–H groups in total. The summed E-state index contributed by atoms with van der Waals surface area (Å²) in [6.07, 6.45) is 0.311. The molecule has 1 heterocycles. The van der Waals surface area contributed by atoms with Crippen LogP contribution in [-0.4, -0.2) is 22.6 Å². The van der Waals surface area contributed by atoms with Crippen molar-refractivity contribution in [3.8, 4) is 11.5 Å². The van der Waals surface area contributed by atoms with Crippen LogP contribution in [0.5, 0.6) is 0 Å². The van der Waals surface area contributed by atoms with E-state index < -0.39 is 0 Å². The third-order valence-corrected chi connectivity index (χ3v) is 6.40. The average molecular weight is 494 g/mol. The fourth-order valence-electron chi connectivity index (χ4n) is 3.69. The Kier molecular flexibility index (Phi) is 7.10. The number of nitrogens with one attached hydrogen (secondary N) is 2. The molecule has 7 heteroatoms. The number of rotatable bonds is 8. The van der Waals surface area contributed by atoms with Crippen molar-refractivity contribution >= 4 is 46.1 Å². The first-order valence-corrected chi connectivity index (χ1v) is 12.4. The number of aromatic nitrogens is 1. The van der Waals surface area contributed by atoms with Gasteiger partial charge >= 0.3 is 0 Å². The minimum atomic E-state index is -0.117. The molecule has 0 radical (unpaired) electrons. The van der Waals surface area contributed by atoms with E-state index in [1.807, 2.05) is 103 Å². The van der Waals surface area contributed by atoms with E-state index in [9.17, 15) is 9.59 Å². The van der Waals surface area contributed by atoms with Gasteiger partial charge in [0.2, 0.25) is 17.7 Å². The number of carbonyl (C=O) groups excluding carboxylic acids is 2. The summed E-state index contributed by atoms with van der Waals surface area (Å²) in [6.45, 7) is 0. The Hall–Kier alpha value is -4.36. The fraction of sp³-hybridized carbons (Fsp3) is 0.0690. The smallest absolute Gasteiger partial charge is 0.234 e. The quantitative estimate of drug-likeness (QED) is 0.244. The van der Waals surface area contributed by atoms with Crippen LogP contribution in [0, 0.1) is 0 Å². The SMILES string of the molecule is O=C(CSc1cccc(NC(=O)Cc2ccccc2)c1)Nc1ccc(-c2nc3ccccc3o2)cc1. The Labute approximate surface area is 212 Å². The van der Waals surface area contributed by atoms with Crippen LogP contribution in [0.25, 0.3) is 22.6 Å². The monoisotopic (exact) mass is 493 g/mol. The van der Waals surface area contributed by atoms with E-state index in [1.165, 1.54) is 11.8 Å². The highest BCUT2D eigenvalue weighted by molar-refractivity contribution is 8.00. The van der Waals surface area contributed by atoms with Crippen LogP contribution in [0.15, 0.2) is 112 Å². The van der Waals surface area contributed by atoms with Gasteiger partial charge in [-0.1, -0.05) is 48.5 Å². The Morgan fingerprint density at radius 1 is 0.750 bits per heavy atom. The molecule has 178 valence electrons. The molecule has 5 rings (SSSR count). The van der Waals surface area contributed by atoms with Crippen molar-refractivity contribution < 1.29 is 14.0 Å². The van der Waals surface area contributed by atoms with E-state index in [-0.39, 0.29) is 17.6 Å². The van der Waals surface area contributed by atoms with Crippen LogP contribution in [0.4, 0.5) is 11.4 Å². The third kappa shape index (κ3) is 6.00. The maximum atomic E-state index is 12.5. The van der Waals surface area contributed by atoms with E-state index in [2.05, 4.69) is 15.6 Å². The van der Waals surface area contributed by atoms with Crippen LogP contribution in [0.1, 0.15) is 5.56 Å². The first-order valence-electron chi connectivity index (χ1n) is 11.4. The summed E-state index contributed by atoms with van der Waals surface area (Å²) in [6, 6.07) is 32.1. The topological polar surface area (TPSA) is 84.2 Å². The molecule has 0 saturated carbocycles. The molecule has 0 aliphatic carbocycles. The van der Waals surface area contributed by atoms with Gasteiger partial charge in [-0.25, -0.2) is 4.98 Å². The predicted octanol–water partition coefficient (Wildman–Crippen LogP) is 6.41. The molecule has 0 saturated heterocycles. The van der Waals surface area contributed by atoms with Crippen LogP contribution >= 0.6 is 11.8 Å². The maximum absolute atomic E-state index is 12.5. The van der Waals surface area contributed by atoms with Crippen LogP contribution < -0.4 is 10.6 Å². The second-order valence-electron chi connectivity index (χ2n) is 8.14. The molecule has 0 bridgehead atoms. The lowest BCUT2D eigenvalue weighted by atomic mass is 10.1. The molecule has 4 aromatic carbocycles. The van der Waals surface area contributed by atoms with Crippen molar-refractivity contribution in [2.45, 2.75) is 11.3 Å². The van der Waals surface area contributed by atoms with Crippen LogP contribution in [0.2, 0.25) is 0 Å². The third-order valence-electron chi connectivity index (χ3n) is 5.40. The molecule has 1 aromatic heterocycles. The minimum absolute atomic E-state index is 0.0811. The summed E-state index contributed by atoms with van der Waals surface area (Å²) in [5.74, 6) is 0.588. The molecule has 6 nitrogen and oxygen atoms in total. The number of hydrogen-bond donors (Lipinski definition) is 2. The van der Waals surface area contributed by atoms with Gasteiger partial charge in [0.25, 0.3) is 0 Å². The Balaban J connectivity index is 1.13. The molecule has 0 unspecified atom stereocenters. The number of hydrogen-bond acceptors (Lipinski definition) is 5. The van der Waals surface area contributed by atoms with Crippen LogP contribution in [0.3, 0.4) is 0 Å². The molecular formula is C29H23N3O3S. The lowest BCUT2D eigenvalue weighted by molar-refractivity contribution is -0.115. The number of carbonyl (C=O) groups is 2. The molecule has 0 fully saturated rings. The summed E-state index contributed by atoms with van der Waals surface area (Å²) in [5.41, 5.74) is 4.74. The van der Waals surface area contributed by atoms with Crippen molar-refractivity contribution in [1.29, 1.82) is 0 Å². The van der Waals surface area contributed by atoms with Gasteiger partial charge in [-0.3, -0.25) is 9.59 Å². The first-order chi connectivity index (χ1) is 17.6. The van der Waals surface area contributed by atoms with E-state index in [0.29, 0.717) is 23.7 Å². The van der Waals surface area contributed by atoms with Gasteiger partial charge in [0.1, 0.15) is 5.52 Å². The molecule has 5 aromatic rings. The molecule has 0 spiro atoms. The fourth-order valence-corrected chi connectivity index (χ4v) is 4.44. The average Bonchev–Trinajstić information content (AvgIpc) is 3.33. The normalized spacial score (nSPS) is 10.8. The number of fused-ring (bicyclic) bond motifs is 1. The van der Waals surface area contributed by atoms with Crippen molar-refractivity contribution in [3.63, 3.8) is 0 Å². The minimum Gasteiger partial charge on any atom is -0.436 e. The van der Waals surface area contributed by atoms with E-state index in [4.69, 9.17) is 4.42 Å².